The molecule has 0 unspecified atom stereocenters. The molecule has 0 aliphatic rings. The van der Waals surface area contributed by atoms with E-state index in [4.69, 9.17) is 40.5 Å². The van der Waals surface area contributed by atoms with Gasteiger partial charge in [-0.2, -0.15) is 0 Å². The van der Waals surface area contributed by atoms with Crippen LogP contribution >= 0.6 is 47.2 Å². The Bertz CT molecular complexity index is 384. The Morgan fingerprint density at radius 3 is 2.06 bits per heavy atom. The van der Waals surface area contributed by atoms with Crippen LogP contribution in [0.3, 0.4) is 0 Å². The van der Waals surface area contributed by atoms with Gasteiger partial charge >= 0.3 is 0 Å². The average molecular weight is 319 g/mol. The van der Waals surface area contributed by atoms with Gasteiger partial charge in [-0.05, 0) is 18.1 Å². The lowest BCUT2D eigenvalue weighted by atomic mass is 9.94. The van der Waals surface area contributed by atoms with Gasteiger partial charge in [-0.1, -0.05) is 48.7 Å². The highest BCUT2D eigenvalue weighted by molar-refractivity contribution is 6.44. The summed E-state index contributed by atoms with van der Waals surface area (Å²) in [6, 6.07) is 2.58. The molecular weight excluding hydrogens is 304 g/mol. The minimum absolute atomic E-state index is 0. The Balaban J connectivity index is 0.00000256. The maximum atomic E-state index is 9.90. The number of aliphatic hydroxyl groups excluding tert-OH is 1. The molecule has 17 heavy (non-hydrogen) atoms. The number of hydrogen-bond acceptors (Lipinski definition) is 2. The minimum Gasteiger partial charge on any atom is -0.391 e. The third-order valence-electron chi connectivity index (χ3n) is 2.46. The second-order valence-corrected chi connectivity index (χ2v) is 5.21. The second-order valence-electron chi connectivity index (χ2n) is 4.02. The molecule has 98 valence electrons. The van der Waals surface area contributed by atoms with Crippen LogP contribution in [0.5, 0.6) is 0 Å². The van der Waals surface area contributed by atoms with Crippen LogP contribution in [-0.2, 0) is 0 Å². The predicted octanol–water partition coefficient (Wildman–Crippen LogP) is 4.09. The fraction of sp³-hybridized carbons (Fsp3) is 0.455. The van der Waals surface area contributed by atoms with Crippen molar-refractivity contribution < 1.29 is 5.11 Å². The zero-order valence-corrected chi connectivity index (χ0v) is 12.5. The first-order chi connectivity index (χ1) is 7.36. The molecule has 0 aliphatic carbocycles. The molecular formula is C11H15Cl4NO. The van der Waals surface area contributed by atoms with Gasteiger partial charge in [0, 0.05) is 10.6 Å². The van der Waals surface area contributed by atoms with Crippen LogP contribution in [0.25, 0.3) is 0 Å². The van der Waals surface area contributed by atoms with Gasteiger partial charge in [0.1, 0.15) is 0 Å². The van der Waals surface area contributed by atoms with Crippen molar-refractivity contribution in [1.82, 2.24) is 0 Å². The van der Waals surface area contributed by atoms with Crippen LogP contribution in [0.1, 0.15) is 25.5 Å². The van der Waals surface area contributed by atoms with Crippen LogP contribution in [0.2, 0.25) is 15.1 Å². The predicted molar refractivity (Wildman–Crippen MR) is 76.5 cm³/mol. The lowest BCUT2D eigenvalue weighted by molar-refractivity contribution is 0.0980. The van der Waals surface area contributed by atoms with E-state index in [2.05, 4.69) is 0 Å². The summed E-state index contributed by atoms with van der Waals surface area (Å²) in [4.78, 5) is 0. The van der Waals surface area contributed by atoms with Crippen LogP contribution < -0.4 is 5.73 Å². The lowest BCUT2D eigenvalue weighted by Gasteiger charge is -2.24. The summed E-state index contributed by atoms with van der Waals surface area (Å²) in [7, 11) is 0. The molecule has 6 heteroatoms. The molecule has 2 nitrogen and oxygen atoms in total. The highest BCUT2D eigenvalue weighted by atomic mass is 35.5. The maximum Gasteiger partial charge on any atom is 0.0756 e. The SMILES string of the molecule is CC(C)[C@H](O)[C@H](N)c1c(Cl)ccc(Cl)c1Cl.Cl. The van der Waals surface area contributed by atoms with E-state index in [0.717, 1.165) is 0 Å². The molecule has 1 aromatic rings. The Morgan fingerprint density at radius 1 is 1.12 bits per heavy atom. The van der Waals surface area contributed by atoms with Crippen molar-refractivity contribution in [2.45, 2.75) is 26.0 Å². The van der Waals surface area contributed by atoms with E-state index >= 15 is 0 Å². The smallest absolute Gasteiger partial charge is 0.0756 e. The fourth-order valence-corrected chi connectivity index (χ4v) is 2.22. The van der Waals surface area contributed by atoms with Crippen molar-refractivity contribution in [2.75, 3.05) is 0 Å². The van der Waals surface area contributed by atoms with Gasteiger partial charge in [0.25, 0.3) is 0 Å². The van der Waals surface area contributed by atoms with E-state index in [-0.39, 0.29) is 18.3 Å². The summed E-state index contributed by atoms with van der Waals surface area (Å²) in [5.74, 6) is 0.0149. The number of aliphatic hydroxyl groups is 1. The molecule has 0 bridgehead atoms. The molecule has 0 saturated carbocycles. The lowest BCUT2D eigenvalue weighted by Crippen LogP contribution is -2.31. The normalized spacial score (nSPS) is 14.4. The minimum atomic E-state index is -0.714. The topological polar surface area (TPSA) is 46.2 Å². The zero-order chi connectivity index (χ0) is 12.5. The number of benzene rings is 1. The van der Waals surface area contributed by atoms with Crippen LogP contribution in [0.15, 0.2) is 12.1 Å². The van der Waals surface area contributed by atoms with Gasteiger partial charge in [-0.25, -0.2) is 0 Å². The molecule has 2 atom stereocenters. The zero-order valence-electron chi connectivity index (χ0n) is 9.45. The van der Waals surface area contributed by atoms with Crippen LogP contribution in [0.4, 0.5) is 0 Å². The summed E-state index contributed by atoms with van der Waals surface area (Å²) in [6.45, 7) is 3.74. The van der Waals surface area contributed by atoms with E-state index in [1.807, 2.05) is 13.8 Å². The van der Waals surface area contributed by atoms with E-state index in [1.165, 1.54) is 0 Å². The van der Waals surface area contributed by atoms with E-state index in [1.54, 1.807) is 12.1 Å². The summed E-state index contributed by atoms with van der Waals surface area (Å²) in [5.41, 5.74) is 6.43. The Kier molecular flexibility index (Phi) is 7.15. The summed E-state index contributed by atoms with van der Waals surface area (Å²) >= 11 is 17.9. The van der Waals surface area contributed by atoms with Gasteiger partial charge in [-0.3, -0.25) is 0 Å². The Morgan fingerprint density at radius 2 is 1.59 bits per heavy atom. The van der Waals surface area contributed by atoms with E-state index in [9.17, 15) is 5.11 Å². The maximum absolute atomic E-state index is 9.90. The number of hydrogen-bond donors (Lipinski definition) is 2. The number of rotatable bonds is 3. The standard InChI is InChI=1S/C11H14Cl3NO.ClH/c1-5(2)11(16)10(15)8-6(12)3-4-7(13)9(8)14;/h3-5,10-11,16H,15H2,1-2H3;1H/t10-,11+;/m1./s1. The number of nitrogens with two attached hydrogens (primary N) is 1. The van der Waals surface area contributed by atoms with Gasteiger partial charge < -0.3 is 10.8 Å². The van der Waals surface area contributed by atoms with Crippen molar-refractivity contribution in [1.29, 1.82) is 0 Å². The molecule has 0 radical (unpaired) electrons. The molecule has 3 N–H and O–H groups in total. The van der Waals surface area contributed by atoms with Crippen molar-refractivity contribution in [3.05, 3.63) is 32.8 Å². The first-order valence-electron chi connectivity index (χ1n) is 4.93. The monoisotopic (exact) mass is 317 g/mol. The molecule has 1 aromatic carbocycles. The van der Waals surface area contributed by atoms with Crippen LogP contribution in [0, 0.1) is 5.92 Å². The van der Waals surface area contributed by atoms with Gasteiger partial charge in [-0.15, -0.1) is 12.4 Å². The van der Waals surface area contributed by atoms with Crippen molar-refractivity contribution in [3.8, 4) is 0 Å². The Hall–Kier alpha value is 0.300. The fourth-order valence-electron chi connectivity index (χ4n) is 1.43. The first-order valence-corrected chi connectivity index (χ1v) is 6.06. The van der Waals surface area contributed by atoms with Crippen molar-refractivity contribution in [3.63, 3.8) is 0 Å². The summed E-state index contributed by atoms with van der Waals surface area (Å²) in [6.07, 6.45) is -0.714. The molecule has 1 rings (SSSR count). The molecule has 0 heterocycles. The second kappa shape index (κ2) is 7.03. The molecule has 0 amide bonds. The van der Waals surface area contributed by atoms with Gasteiger partial charge in [0.05, 0.1) is 22.2 Å². The third kappa shape index (κ3) is 3.88. The Labute approximate surface area is 122 Å². The van der Waals surface area contributed by atoms with Crippen molar-refractivity contribution >= 4 is 47.2 Å². The van der Waals surface area contributed by atoms with Gasteiger partial charge in [0.2, 0.25) is 0 Å². The quantitative estimate of drug-likeness (QED) is 0.825. The molecule has 0 fully saturated rings. The number of halogens is 4. The average Bonchev–Trinajstić information content (AvgIpc) is 2.22. The van der Waals surface area contributed by atoms with Crippen LogP contribution in [-0.4, -0.2) is 11.2 Å². The van der Waals surface area contributed by atoms with Crippen molar-refractivity contribution in [2.24, 2.45) is 11.7 Å². The largest absolute Gasteiger partial charge is 0.391 e. The first kappa shape index (κ1) is 17.3. The molecule has 0 spiro atoms. The van der Waals surface area contributed by atoms with E-state index < -0.39 is 12.1 Å². The summed E-state index contributed by atoms with van der Waals surface area (Å²) < 4.78 is 0. The molecule has 0 aromatic heterocycles. The highest BCUT2D eigenvalue weighted by Crippen LogP contribution is 2.36. The summed E-state index contributed by atoms with van der Waals surface area (Å²) in [5, 5.41) is 11.0. The molecule has 0 saturated heterocycles. The highest BCUT2D eigenvalue weighted by Gasteiger charge is 2.25. The van der Waals surface area contributed by atoms with E-state index in [0.29, 0.717) is 20.6 Å². The third-order valence-corrected chi connectivity index (χ3v) is 3.61. The van der Waals surface area contributed by atoms with Gasteiger partial charge in [0.15, 0.2) is 0 Å². The molecule has 0 aliphatic heterocycles.